The third-order valence-electron chi connectivity index (χ3n) is 4.01. The predicted molar refractivity (Wildman–Crippen MR) is 66.7 cm³/mol. The monoisotopic (exact) mass is 313 g/mol. The SMILES string of the molecule is C[C@H](C1CC1)N(CC(F)(F)F)C(=O)[C@@H]1CCS(=O)(=O)C1. The van der Waals surface area contributed by atoms with Gasteiger partial charge in [-0.15, -0.1) is 0 Å². The Balaban J connectivity index is 2.11. The van der Waals surface area contributed by atoms with Gasteiger partial charge >= 0.3 is 6.18 Å². The Morgan fingerprint density at radius 3 is 2.30 bits per heavy atom. The first-order valence-electron chi connectivity index (χ1n) is 6.67. The maximum Gasteiger partial charge on any atom is 0.406 e. The molecule has 2 atom stereocenters. The Hall–Kier alpha value is -0.790. The highest BCUT2D eigenvalue weighted by atomic mass is 32.2. The van der Waals surface area contributed by atoms with Gasteiger partial charge in [0.15, 0.2) is 9.84 Å². The van der Waals surface area contributed by atoms with Crippen molar-refractivity contribution in [3.8, 4) is 0 Å². The van der Waals surface area contributed by atoms with E-state index in [4.69, 9.17) is 0 Å². The summed E-state index contributed by atoms with van der Waals surface area (Å²) >= 11 is 0. The Kier molecular flexibility index (Phi) is 4.05. The molecule has 1 saturated carbocycles. The second-order valence-electron chi connectivity index (χ2n) is 5.76. The molecule has 20 heavy (non-hydrogen) atoms. The first kappa shape index (κ1) is 15.6. The van der Waals surface area contributed by atoms with Gasteiger partial charge in [-0.25, -0.2) is 8.42 Å². The molecule has 2 fully saturated rings. The molecule has 0 spiro atoms. The lowest BCUT2D eigenvalue weighted by Crippen LogP contribution is -2.48. The van der Waals surface area contributed by atoms with Crippen LogP contribution in [0.2, 0.25) is 0 Å². The molecular weight excluding hydrogens is 295 g/mol. The molecule has 1 aliphatic carbocycles. The number of amides is 1. The van der Waals surface area contributed by atoms with Gasteiger partial charge in [-0.3, -0.25) is 4.79 Å². The van der Waals surface area contributed by atoms with Gasteiger partial charge in [0.25, 0.3) is 0 Å². The van der Waals surface area contributed by atoms with Gasteiger partial charge in [0.2, 0.25) is 5.91 Å². The van der Waals surface area contributed by atoms with E-state index in [1.807, 2.05) is 0 Å². The van der Waals surface area contributed by atoms with Gasteiger partial charge in [-0.05, 0) is 32.1 Å². The molecule has 1 saturated heterocycles. The summed E-state index contributed by atoms with van der Waals surface area (Å²) in [7, 11) is -3.28. The normalized spacial score (nSPS) is 27.3. The molecule has 1 amide bonds. The number of alkyl halides is 3. The summed E-state index contributed by atoms with van der Waals surface area (Å²) in [5, 5.41) is 0. The van der Waals surface area contributed by atoms with Crippen molar-refractivity contribution in [1.82, 2.24) is 4.90 Å². The van der Waals surface area contributed by atoms with Crippen molar-refractivity contribution in [2.24, 2.45) is 11.8 Å². The molecule has 8 heteroatoms. The molecule has 4 nitrogen and oxygen atoms in total. The van der Waals surface area contributed by atoms with Gasteiger partial charge < -0.3 is 4.90 Å². The minimum absolute atomic E-state index is 0.110. The number of carbonyl (C=O) groups is 1. The van der Waals surface area contributed by atoms with Crippen LogP contribution >= 0.6 is 0 Å². The fraction of sp³-hybridized carbons (Fsp3) is 0.917. The molecule has 0 unspecified atom stereocenters. The number of carbonyl (C=O) groups excluding carboxylic acids is 1. The molecule has 116 valence electrons. The van der Waals surface area contributed by atoms with Gasteiger partial charge in [0, 0.05) is 6.04 Å². The number of sulfone groups is 1. The molecule has 0 bridgehead atoms. The van der Waals surface area contributed by atoms with E-state index in [2.05, 4.69) is 0 Å². The van der Waals surface area contributed by atoms with E-state index in [-0.39, 0.29) is 23.8 Å². The number of hydrogen-bond donors (Lipinski definition) is 0. The van der Waals surface area contributed by atoms with Crippen LogP contribution in [0.25, 0.3) is 0 Å². The van der Waals surface area contributed by atoms with Crippen molar-refractivity contribution in [2.75, 3.05) is 18.1 Å². The van der Waals surface area contributed by atoms with Gasteiger partial charge in [-0.2, -0.15) is 13.2 Å². The summed E-state index contributed by atoms with van der Waals surface area (Å²) in [6, 6.07) is -0.479. The third kappa shape index (κ3) is 3.86. The molecule has 0 aromatic heterocycles. The van der Waals surface area contributed by atoms with Crippen molar-refractivity contribution in [3.05, 3.63) is 0 Å². The number of hydrogen-bond acceptors (Lipinski definition) is 3. The summed E-state index contributed by atoms with van der Waals surface area (Å²) in [5.74, 6) is -1.80. The lowest BCUT2D eigenvalue weighted by Gasteiger charge is -2.32. The van der Waals surface area contributed by atoms with E-state index >= 15 is 0 Å². The maximum atomic E-state index is 12.6. The number of halogens is 3. The Morgan fingerprint density at radius 2 is 1.90 bits per heavy atom. The number of nitrogens with zero attached hydrogens (tertiary/aromatic N) is 1. The second kappa shape index (κ2) is 5.20. The van der Waals surface area contributed by atoms with E-state index in [0.29, 0.717) is 0 Å². The van der Waals surface area contributed by atoms with E-state index in [1.54, 1.807) is 6.92 Å². The van der Waals surface area contributed by atoms with Crippen LogP contribution in [0, 0.1) is 11.8 Å². The smallest absolute Gasteiger partial charge is 0.330 e. The van der Waals surface area contributed by atoms with Crippen LogP contribution in [0.4, 0.5) is 13.2 Å². The Labute approximate surface area is 116 Å². The zero-order chi connectivity index (χ0) is 15.1. The molecular formula is C12H18F3NO3S. The predicted octanol–water partition coefficient (Wildman–Crippen LogP) is 1.61. The minimum Gasteiger partial charge on any atom is -0.330 e. The summed E-state index contributed by atoms with van der Waals surface area (Å²) in [5.41, 5.74) is 0. The molecule has 2 aliphatic rings. The van der Waals surface area contributed by atoms with E-state index in [0.717, 1.165) is 17.7 Å². The van der Waals surface area contributed by atoms with Crippen LogP contribution in [0.3, 0.4) is 0 Å². The van der Waals surface area contributed by atoms with Gasteiger partial charge in [0.05, 0.1) is 17.4 Å². The third-order valence-corrected chi connectivity index (χ3v) is 5.78. The maximum absolute atomic E-state index is 12.6. The van der Waals surface area contributed by atoms with Crippen molar-refractivity contribution in [2.45, 2.75) is 38.4 Å². The van der Waals surface area contributed by atoms with Crippen molar-refractivity contribution in [1.29, 1.82) is 0 Å². The minimum atomic E-state index is -4.46. The van der Waals surface area contributed by atoms with Crippen molar-refractivity contribution in [3.63, 3.8) is 0 Å². The average molecular weight is 313 g/mol. The lowest BCUT2D eigenvalue weighted by molar-refractivity contribution is -0.168. The van der Waals surface area contributed by atoms with Gasteiger partial charge in [0.1, 0.15) is 6.54 Å². The lowest BCUT2D eigenvalue weighted by atomic mass is 10.0. The average Bonchev–Trinajstić information content (AvgIpc) is 3.08. The van der Waals surface area contributed by atoms with Crippen LogP contribution in [-0.4, -0.2) is 49.5 Å². The van der Waals surface area contributed by atoms with E-state index in [9.17, 15) is 26.4 Å². The van der Waals surface area contributed by atoms with Crippen LogP contribution in [0.5, 0.6) is 0 Å². The summed E-state index contributed by atoms with van der Waals surface area (Å²) in [6.07, 6.45) is -2.68. The zero-order valence-corrected chi connectivity index (χ0v) is 12.0. The van der Waals surface area contributed by atoms with E-state index < -0.39 is 40.4 Å². The first-order valence-corrected chi connectivity index (χ1v) is 8.49. The van der Waals surface area contributed by atoms with Crippen LogP contribution < -0.4 is 0 Å². The van der Waals surface area contributed by atoms with Crippen molar-refractivity contribution < 1.29 is 26.4 Å². The summed E-state index contributed by atoms with van der Waals surface area (Å²) < 4.78 is 60.7. The molecule has 1 aliphatic heterocycles. The fourth-order valence-electron chi connectivity index (χ4n) is 2.67. The molecule has 0 aromatic carbocycles. The van der Waals surface area contributed by atoms with Crippen molar-refractivity contribution >= 4 is 15.7 Å². The molecule has 0 aromatic rings. The Bertz CT molecular complexity index is 485. The number of rotatable bonds is 4. The fourth-order valence-corrected chi connectivity index (χ4v) is 4.41. The van der Waals surface area contributed by atoms with Gasteiger partial charge in [-0.1, -0.05) is 0 Å². The van der Waals surface area contributed by atoms with Crippen LogP contribution in [-0.2, 0) is 14.6 Å². The quantitative estimate of drug-likeness (QED) is 0.792. The molecule has 1 heterocycles. The first-order chi connectivity index (χ1) is 9.09. The van der Waals surface area contributed by atoms with E-state index in [1.165, 1.54) is 0 Å². The summed E-state index contributed by atoms with van der Waals surface area (Å²) in [6.45, 7) is 0.324. The highest BCUT2D eigenvalue weighted by Gasteiger charge is 2.44. The molecule has 0 N–H and O–H groups in total. The highest BCUT2D eigenvalue weighted by molar-refractivity contribution is 7.91. The molecule has 2 rings (SSSR count). The zero-order valence-electron chi connectivity index (χ0n) is 11.2. The highest BCUT2D eigenvalue weighted by Crippen LogP contribution is 2.37. The second-order valence-corrected chi connectivity index (χ2v) is 7.99. The largest absolute Gasteiger partial charge is 0.406 e. The Morgan fingerprint density at radius 1 is 1.30 bits per heavy atom. The molecule has 0 radical (unpaired) electrons. The van der Waals surface area contributed by atoms with Crippen LogP contribution in [0.15, 0.2) is 0 Å². The van der Waals surface area contributed by atoms with Crippen LogP contribution in [0.1, 0.15) is 26.2 Å². The summed E-state index contributed by atoms with van der Waals surface area (Å²) in [4.78, 5) is 13.1. The topological polar surface area (TPSA) is 54.5 Å². The standard InChI is InChI=1S/C12H18F3NO3S/c1-8(9-2-3-9)16(7-12(13,14)15)11(17)10-4-5-20(18,19)6-10/h8-10H,2-7H2,1H3/t8-,10-/m1/s1.